The molecule has 1 aliphatic heterocycles. The van der Waals surface area contributed by atoms with Crippen LogP contribution < -0.4 is 10.6 Å². The molecule has 0 unspecified atom stereocenters. The van der Waals surface area contributed by atoms with Crippen molar-refractivity contribution >= 4 is 5.91 Å². The summed E-state index contributed by atoms with van der Waals surface area (Å²) < 4.78 is 0. The second-order valence-corrected chi connectivity index (χ2v) is 3.88. The summed E-state index contributed by atoms with van der Waals surface area (Å²) in [5.74, 6) is 1.31. The second-order valence-electron chi connectivity index (χ2n) is 3.88. The molecule has 0 radical (unpaired) electrons. The van der Waals surface area contributed by atoms with Crippen molar-refractivity contribution in [2.45, 2.75) is 19.3 Å². The van der Waals surface area contributed by atoms with Gasteiger partial charge in [-0.1, -0.05) is 0 Å². The number of amides is 1. The van der Waals surface area contributed by atoms with E-state index in [9.17, 15) is 4.79 Å². The summed E-state index contributed by atoms with van der Waals surface area (Å²) >= 11 is 0. The van der Waals surface area contributed by atoms with Crippen molar-refractivity contribution in [2.75, 3.05) is 19.6 Å². The molecule has 1 aliphatic carbocycles. The van der Waals surface area contributed by atoms with Crippen LogP contribution in [-0.4, -0.2) is 25.5 Å². The molecule has 2 N–H and O–H groups in total. The van der Waals surface area contributed by atoms with Crippen LogP contribution in [0.15, 0.2) is 0 Å². The molecular weight excluding hydrogens is 152 g/mol. The van der Waals surface area contributed by atoms with Gasteiger partial charge in [0, 0.05) is 12.5 Å². The van der Waals surface area contributed by atoms with E-state index in [0.717, 1.165) is 32.5 Å². The standard InChI is InChI=1S/C9H16N2O/c12-9(8-1-2-8)11-6-7-3-4-10-5-7/h7-8,10H,1-6H2,(H,11,12)/t7-/m1/s1. The molecule has 0 aromatic rings. The molecule has 0 aromatic carbocycles. The van der Waals surface area contributed by atoms with Crippen molar-refractivity contribution in [3.8, 4) is 0 Å². The third kappa shape index (κ3) is 1.97. The highest BCUT2D eigenvalue weighted by Gasteiger charge is 2.29. The Hall–Kier alpha value is -0.570. The molecule has 0 spiro atoms. The summed E-state index contributed by atoms with van der Waals surface area (Å²) in [5.41, 5.74) is 0. The van der Waals surface area contributed by atoms with Crippen LogP contribution in [-0.2, 0) is 4.79 Å². The molecule has 3 heteroatoms. The lowest BCUT2D eigenvalue weighted by Gasteiger charge is -2.08. The number of carbonyl (C=O) groups is 1. The summed E-state index contributed by atoms with van der Waals surface area (Å²) in [6.07, 6.45) is 3.43. The highest BCUT2D eigenvalue weighted by molar-refractivity contribution is 5.80. The Morgan fingerprint density at radius 2 is 2.25 bits per heavy atom. The highest BCUT2D eigenvalue weighted by atomic mass is 16.2. The summed E-state index contributed by atoms with van der Waals surface area (Å²) in [4.78, 5) is 11.2. The maximum atomic E-state index is 11.2. The first-order valence-electron chi connectivity index (χ1n) is 4.84. The largest absolute Gasteiger partial charge is 0.356 e. The zero-order chi connectivity index (χ0) is 8.39. The molecular formula is C9H16N2O. The van der Waals surface area contributed by atoms with Crippen LogP contribution >= 0.6 is 0 Å². The maximum Gasteiger partial charge on any atom is 0.223 e. The Kier molecular flexibility index (Phi) is 2.30. The third-order valence-corrected chi connectivity index (χ3v) is 2.68. The predicted molar refractivity (Wildman–Crippen MR) is 46.7 cm³/mol. The lowest BCUT2D eigenvalue weighted by atomic mass is 10.1. The van der Waals surface area contributed by atoms with E-state index in [-0.39, 0.29) is 5.91 Å². The second kappa shape index (κ2) is 3.44. The van der Waals surface area contributed by atoms with Crippen LogP contribution in [0.4, 0.5) is 0 Å². The first-order chi connectivity index (χ1) is 5.86. The van der Waals surface area contributed by atoms with Crippen molar-refractivity contribution in [3.63, 3.8) is 0 Å². The molecule has 0 bridgehead atoms. The molecule has 2 fully saturated rings. The van der Waals surface area contributed by atoms with Crippen molar-refractivity contribution in [3.05, 3.63) is 0 Å². The molecule has 1 atom stereocenters. The van der Waals surface area contributed by atoms with Crippen LogP contribution in [0.2, 0.25) is 0 Å². The Morgan fingerprint density at radius 1 is 1.42 bits per heavy atom. The summed E-state index contributed by atoms with van der Waals surface area (Å²) in [7, 11) is 0. The zero-order valence-corrected chi connectivity index (χ0v) is 7.31. The Labute approximate surface area is 72.9 Å². The average molecular weight is 168 g/mol. The Balaban J connectivity index is 1.63. The van der Waals surface area contributed by atoms with Gasteiger partial charge in [-0.25, -0.2) is 0 Å². The summed E-state index contributed by atoms with van der Waals surface area (Å²) in [6, 6.07) is 0. The van der Waals surface area contributed by atoms with Crippen molar-refractivity contribution < 1.29 is 4.79 Å². The van der Waals surface area contributed by atoms with Gasteiger partial charge in [0.15, 0.2) is 0 Å². The van der Waals surface area contributed by atoms with Crippen LogP contribution in [0.25, 0.3) is 0 Å². The van der Waals surface area contributed by atoms with E-state index < -0.39 is 0 Å². The fraction of sp³-hybridized carbons (Fsp3) is 0.889. The van der Waals surface area contributed by atoms with Gasteiger partial charge in [-0.15, -0.1) is 0 Å². The van der Waals surface area contributed by atoms with E-state index in [4.69, 9.17) is 0 Å². The molecule has 3 nitrogen and oxygen atoms in total. The molecule has 2 rings (SSSR count). The number of hydrogen-bond donors (Lipinski definition) is 2. The molecule has 68 valence electrons. The average Bonchev–Trinajstić information content (AvgIpc) is 2.80. The van der Waals surface area contributed by atoms with E-state index in [0.29, 0.717) is 11.8 Å². The normalized spacial score (nSPS) is 28.8. The topological polar surface area (TPSA) is 41.1 Å². The van der Waals surface area contributed by atoms with Crippen LogP contribution in [0.5, 0.6) is 0 Å². The minimum atomic E-state index is 0.280. The fourth-order valence-corrected chi connectivity index (χ4v) is 1.62. The number of nitrogens with one attached hydrogen (secondary N) is 2. The van der Waals surface area contributed by atoms with Gasteiger partial charge in [-0.2, -0.15) is 0 Å². The Bertz CT molecular complexity index is 171. The highest BCUT2D eigenvalue weighted by Crippen LogP contribution is 2.28. The van der Waals surface area contributed by atoms with Crippen molar-refractivity contribution in [2.24, 2.45) is 11.8 Å². The van der Waals surface area contributed by atoms with Gasteiger partial charge >= 0.3 is 0 Å². The molecule has 1 saturated heterocycles. The fourth-order valence-electron chi connectivity index (χ4n) is 1.62. The molecule has 1 amide bonds. The lowest BCUT2D eigenvalue weighted by molar-refractivity contribution is -0.122. The van der Waals surface area contributed by atoms with E-state index in [1.165, 1.54) is 6.42 Å². The quantitative estimate of drug-likeness (QED) is 0.628. The zero-order valence-electron chi connectivity index (χ0n) is 7.31. The maximum absolute atomic E-state index is 11.2. The first-order valence-corrected chi connectivity index (χ1v) is 4.84. The summed E-state index contributed by atoms with van der Waals surface area (Å²) in [5, 5.41) is 6.30. The van der Waals surface area contributed by atoms with Gasteiger partial charge in [0.05, 0.1) is 0 Å². The Morgan fingerprint density at radius 3 is 2.83 bits per heavy atom. The summed E-state index contributed by atoms with van der Waals surface area (Å²) in [6.45, 7) is 3.07. The van der Waals surface area contributed by atoms with E-state index in [1.807, 2.05) is 0 Å². The third-order valence-electron chi connectivity index (χ3n) is 2.68. The first kappa shape index (κ1) is 8.05. The van der Waals surface area contributed by atoms with E-state index in [2.05, 4.69) is 10.6 Å². The van der Waals surface area contributed by atoms with E-state index >= 15 is 0 Å². The monoisotopic (exact) mass is 168 g/mol. The van der Waals surface area contributed by atoms with Gasteiger partial charge < -0.3 is 10.6 Å². The predicted octanol–water partition coefficient (Wildman–Crippen LogP) is 0.122. The number of carbonyl (C=O) groups excluding carboxylic acids is 1. The molecule has 12 heavy (non-hydrogen) atoms. The lowest BCUT2D eigenvalue weighted by Crippen LogP contribution is -2.31. The molecule has 2 aliphatic rings. The minimum absolute atomic E-state index is 0.280. The smallest absolute Gasteiger partial charge is 0.223 e. The van der Waals surface area contributed by atoms with Gasteiger partial charge in [0.2, 0.25) is 5.91 Å². The van der Waals surface area contributed by atoms with Crippen LogP contribution in [0.3, 0.4) is 0 Å². The number of rotatable bonds is 3. The van der Waals surface area contributed by atoms with Gasteiger partial charge in [-0.3, -0.25) is 4.79 Å². The SMILES string of the molecule is O=C(NC[C@@H]1CCNC1)C1CC1. The van der Waals surface area contributed by atoms with Gasteiger partial charge in [0.1, 0.15) is 0 Å². The van der Waals surface area contributed by atoms with Crippen molar-refractivity contribution in [1.29, 1.82) is 0 Å². The van der Waals surface area contributed by atoms with Crippen LogP contribution in [0.1, 0.15) is 19.3 Å². The molecule has 1 saturated carbocycles. The molecule has 0 aromatic heterocycles. The van der Waals surface area contributed by atoms with Crippen LogP contribution in [0, 0.1) is 11.8 Å². The molecule has 1 heterocycles. The van der Waals surface area contributed by atoms with E-state index in [1.54, 1.807) is 0 Å². The number of hydrogen-bond acceptors (Lipinski definition) is 2. The van der Waals surface area contributed by atoms with Crippen molar-refractivity contribution in [1.82, 2.24) is 10.6 Å². The van der Waals surface area contributed by atoms with Gasteiger partial charge in [-0.05, 0) is 38.3 Å². The van der Waals surface area contributed by atoms with Gasteiger partial charge in [0.25, 0.3) is 0 Å². The minimum Gasteiger partial charge on any atom is -0.356 e.